The van der Waals surface area contributed by atoms with Crippen LogP contribution in [0.25, 0.3) is 10.9 Å². The van der Waals surface area contributed by atoms with Crippen molar-refractivity contribution < 1.29 is 14.0 Å². The lowest BCUT2D eigenvalue weighted by atomic mass is 10.1. The first-order valence-electron chi connectivity index (χ1n) is 8.69. The fourth-order valence-electron chi connectivity index (χ4n) is 2.83. The minimum atomic E-state index is -0.346. The van der Waals surface area contributed by atoms with E-state index in [2.05, 4.69) is 15.6 Å². The van der Waals surface area contributed by atoms with Crippen LogP contribution in [-0.4, -0.2) is 22.3 Å². The molecular weight excluding hydrogens is 345 g/mol. The number of H-pyrrole nitrogens is 1. The topological polar surface area (TPSA) is 74.0 Å². The van der Waals surface area contributed by atoms with Crippen LogP contribution in [-0.2, 0) is 11.2 Å². The lowest BCUT2D eigenvalue weighted by Gasteiger charge is -2.20. The van der Waals surface area contributed by atoms with Crippen LogP contribution in [0.3, 0.4) is 0 Å². The molecule has 0 saturated carbocycles. The van der Waals surface area contributed by atoms with Crippen LogP contribution < -0.4 is 10.6 Å². The van der Waals surface area contributed by atoms with Crippen molar-refractivity contribution in [3.8, 4) is 0 Å². The zero-order valence-corrected chi connectivity index (χ0v) is 15.5. The van der Waals surface area contributed by atoms with E-state index in [1.807, 2.05) is 20.8 Å². The van der Waals surface area contributed by atoms with Crippen molar-refractivity contribution in [2.45, 2.75) is 32.7 Å². The quantitative estimate of drug-likeness (QED) is 0.652. The summed E-state index contributed by atoms with van der Waals surface area (Å²) in [7, 11) is 0. The molecule has 0 aliphatic heterocycles. The summed E-state index contributed by atoms with van der Waals surface area (Å²) < 4.78 is 13.5. The molecule has 6 heteroatoms. The number of amides is 2. The Hall–Kier alpha value is -3.15. The molecule has 5 nitrogen and oxygen atoms in total. The van der Waals surface area contributed by atoms with Crippen LogP contribution in [0.15, 0.2) is 48.7 Å². The summed E-state index contributed by atoms with van der Waals surface area (Å²) >= 11 is 0. The van der Waals surface area contributed by atoms with E-state index in [4.69, 9.17) is 0 Å². The largest absolute Gasteiger partial charge is 0.361 e. The fraction of sp³-hybridized carbons (Fsp3) is 0.238. The van der Waals surface area contributed by atoms with Crippen LogP contribution in [0.2, 0.25) is 0 Å². The maximum atomic E-state index is 13.5. The molecule has 2 amide bonds. The van der Waals surface area contributed by atoms with Crippen molar-refractivity contribution in [2.24, 2.45) is 0 Å². The summed E-state index contributed by atoms with van der Waals surface area (Å²) in [5.41, 5.74) is 2.15. The van der Waals surface area contributed by atoms with Crippen molar-refractivity contribution in [1.82, 2.24) is 10.3 Å². The number of benzene rings is 2. The fourth-order valence-corrected chi connectivity index (χ4v) is 2.83. The number of carbonyl (C=O) groups excluding carboxylic acids is 2. The van der Waals surface area contributed by atoms with Gasteiger partial charge < -0.3 is 15.6 Å². The van der Waals surface area contributed by atoms with E-state index < -0.39 is 0 Å². The molecule has 1 heterocycles. The Morgan fingerprint density at radius 1 is 1.11 bits per heavy atom. The van der Waals surface area contributed by atoms with Gasteiger partial charge in [0.25, 0.3) is 5.91 Å². The van der Waals surface area contributed by atoms with E-state index in [-0.39, 0.29) is 29.6 Å². The Morgan fingerprint density at radius 2 is 1.89 bits per heavy atom. The van der Waals surface area contributed by atoms with Crippen molar-refractivity contribution in [3.05, 3.63) is 65.6 Å². The zero-order valence-electron chi connectivity index (χ0n) is 15.5. The predicted molar refractivity (Wildman–Crippen MR) is 104 cm³/mol. The molecule has 3 rings (SSSR count). The Balaban J connectivity index is 1.71. The van der Waals surface area contributed by atoms with Gasteiger partial charge in [-0.15, -0.1) is 0 Å². The van der Waals surface area contributed by atoms with Gasteiger partial charge >= 0.3 is 0 Å². The number of fused-ring (bicyclic) bond motifs is 1. The van der Waals surface area contributed by atoms with Crippen molar-refractivity contribution in [1.29, 1.82) is 0 Å². The molecule has 0 fully saturated rings. The molecular formula is C21H22FN3O2. The number of hydrogen-bond donors (Lipinski definition) is 3. The Bertz CT molecular complexity index is 1000. The molecule has 27 heavy (non-hydrogen) atoms. The maximum absolute atomic E-state index is 13.5. The molecule has 3 aromatic rings. The highest BCUT2D eigenvalue weighted by atomic mass is 19.1. The molecule has 140 valence electrons. The molecule has 0 unspecified atom stereocenters. The van der Waals surface area contributed by atoms with Gasteiger partial charge in [0.2, 0.25) is 5.91 Å². The lowest BCUT2D eigenvalue weighted by Crippen LogP contribution is -2.40. The Kier molecular flexibility index (Phi) is 4.99. The second-order valence-electron chi connectivity index (χ2n) is 7.51. The summed E-state index contributed by atoms with van der Waals surface area (Å²) in [4.78, 5) is 27.7. The van der Waals surface area contributed by atoms with Crippen molar-refractivity contribution in [3.63, 3.8) is 0 Å². The summed E-state index contributed by atoms with van der Waals surface area (Å²) in [5, 5.41) is 6.36. The molecule has 0 aliphatic carbocycles. The highest BCUT2D eigenvalue weighted by molar-refractivity contribution is 5.99. The normalized spacial score (nSPS) is 11.4. The number of rotatable bonds is 4. The first-order chi connectivity index (χ1) is 12.7. The van der Waals surface area contributed by atoms with Crippen LogP contribution in [0, 0.1) is 5.82 Å². The standard InChI is InChI=1S/C21H22FN3O2/c1-21(2,3)25-20(27)13-5-4-6-16(9-13)24-19(26)10-14-12-23-18-8-7-15(22)11-17(14)18/h4-9,11-12,23H,10H2,1-3H3,(H,24,26)(H,25,27). The average Bonchev–Trinajstić information content (AvgIpc) is 2.95. The molecule has 0 atom stereocenters. The summed E-state index contributed by atoms with van der Waals surface area (Å²) in [6.45, 7) is 5.71. The highest BCUT2D eigenvalue weighted by Gasteiger charge is 2.16. The van der Waals surface area contributed by atoms with Gasteiger partial charge in [0.15, 0.2) is 0 Å². The van der Waals surface area contributed by atoms with Crippen LogP contribution in [0.4, 0.5) is 10.1 Å². The number of anilines is 1. The first-order valence-corrected chi connectivity index (χ1v) is 8.69. The van der Waals surface area contributed by atoms with Crippen LogP contribution in [0.5, 0.6) is 0 Å². The van der Waals surface area contributed by atoms with Crippen LogP contribution >= 0.6 is 0 Å². The van der Waals surface area contributed by atoms with E-state index in [1.54, 1.807) is 36.5 Å². The molecule has 0 aliphatic rings. The number of aromatic amines is 1. The minimum Gasteiger partial charge on any atom is -0.361 e. The number of carbonyl (C=O) groups is 2. The van der Waals surface area contributed by atoms with Gasteiger partial charge in [-0.2, -0.15) is 0 Å². The lowest BCUT2D eigenvalue weighted by molar-refractivity contribution is -0.115. The van der Waals surface area contributed by atoms with Crippen molar-refractivity contribution in [2.75, 3.05) is 5.32 Å². The number of halogens is 1. The number of nitrogens with one attached hydrogen (secondary N) is 3. The van der Waals surface area contributed by atoms with Gasteiger partial charge in [0.1, 0.15) is 5.82 Å². The minimum absolute atomic E-state index is 0.0991. The highest BCUT2D eigenvalue weighted by Crippen LogP contribution is 2.20. The SMILES string of the molecule is CC(C)(C)NC(=O)c1cccc(NC(=O)Cc2c[nH]c3ccc(F)cc23)c1. The Morgan fingerprint density at radius 3 is 2.63 bits per heavy atom. The molecule has 0 radical (unpaired) electrons. The zero-order chi connectivity index (χ0) is 19.6. The molecule has 0 bridgehead atoms. The average molecular weight is 367 g/mol. The molecule has 1 aromatic heterocycles. The summed E-state index contributed by atoms with van der Waals surface area (Å²) in [6.07, 6.45) is 1.80. The van der Waals surface area contributed by atoms with Crippen molar-refractivity contribution >= 4 is 28.4 Å². The van der Waals surface area contributed by atoms with E-state index in [9.17, 15) is 14.0 Å². The van der Waals surface area contributed by atoms with E-state index in [1.165, 1.54) is 12.1 Å². The maximum Gasteiger partial charge on any atom is 0.251 e. The van der Waals surface area contributed by atoms with Crippen LogP contribution in [0.1, 0.15) is 36.7 Å². The third kappa shape index (κ3) is 4.73. The monoisotopic (exact) mass is 367 g/mol. The summed E-state index contributed by atoms with van der Waals surface area (Å²) in [5.74, 6) is -0.791. The summed E-state index contributed by atoms with van der Waals surface area (Å²) in [6, 6.07) is 11.2. The number of aromatic nitrogens is 1. The third-order valence-corrected chi connectivity index (χ3v) is 3.98. The Labute approximate surface area is 157 Å². The second-order valence-corrected chi connectivity index (χ2v) is 7.51. The van der Waals surface area contributed by atoms with Gasteiger partial charge in [0, 0.05) is 33.9 Å². The van der Waals surface area contributed by atoms with E-state index >= 15 is 0 Å². The van der Waals surface area contributed by atoms with E-state index in [0.717, 1.165) is 5.52 Å². The predicted octanol–water partition coefficient (Wildman–Crippen LogP) is 4.02. The van der Waals surface area contributed by atoms with Gasteiger partial charge in [-0.05, 0) is 62.7 Å². The third-order valence-electron chi connectivity index (χ3n) is 3.98. The molecule has 3 N–H and O–H groups in total. The van der Waals surface area contributed by atoms with Gasteiger partial charge in [-0.3, -0.25) is 9.59 Å². The molecule has 0 saturated heterocycles. The number of hydrogen-bond acceptors (Lipinski definition) is 2. The second kappa shape index (κ2) is 7.23. The molecule has 0 spiro atoms. The molecule has 2 aromatic carbocycles. The van der Waals surface area contributed by atoms with Gasteiger partial charge in [-0.25, -0.2) is 4.39 Å². The van der Waals surface area contributed by atoms with Gasteiger partial charge in [-0.1, -0.05) is 6.07 Å². The first kappa shape index (κ1) is 18.6. The van der Waals surface area contributed by atoms with E-state index in [0.29, 0.717) is 22.2 Å². The van der Waals surface area contributed by atoms with Gasteiger partial charge in [0.05, 0.1) is 6.42 Å². The smallest absolute Gasteiger partial charge is 0.251 e.